The summed E-state index contributed by atoms with van der Waals surface area (Å²) >= 11 is 0. The quantitative estimate of drug-likeness (QED) is 0.340. The third-order valence-electron chi connectivity index (χ3n) is 8.41. The molecule has 2 amide bonds. The number of likely N-dealkylation sites (tertiary alicyclic amines) is 1. The second-order valence-corrected chi connectivity index (χ2v) is 10.5. The van der Waals surface area contributed by atoms with Gasteiger partial charge in [-0.3, -0.25) is 14.4 Å². The molecule has 1 N–H and O–H groups in total. The van der Waals surface area contributed by atoms with E-state index >= 15 is 0 Å². The second kappa shape index (κ2) is 11.4. The molecule has 2 unspecified atom stereocenters. The van der Waals surface area contributed by atoms with Gasteiger partial charge in [-0.25, -0.2) is 0 Å². The zero-order valence-electron chi connectivity index (χ0n) is 22.9. The zero-order valence-corrected chi connectivity index (χ0v) is 22.9. The fourth-order valence-corrected chi connectivity index (χ4v) is 6.77. The summed E-state index contributed by atoms with van der Waals surface area (Å²) in [4.78, 5) is 45.1. The molecule has 3 saturated heterocycles. The molecule has 9 heteroatoms. The average molecular weight is 549 g/mol. The first-order valence-electron chi connectivity index (χ1n) is 13.8. The Hall–Kier alpha value is -3.69. The van der Waals surface area contributed by atoms with Crippen molar-refractivity contribution in [3.63, 3.8) is 0 Å². The van der Waals surface area contributed by atoms with Crippen molar-refractivity contribution in [1.82, 2.24) is 4.90 Å². The SMILES string of the molecule is C=CCN(C(=O)C1N([C@@H](CO)Cc2ccccc2)C(=O)[C@@H]2[C@@H](C(=O)OCC)[C@H]3CCC12O3)c1ccc(OC)cc1. The van der Waals surface area contributed by atoms with Crippen molar-refractivity contribution in [3.8, 4) is 5.75 Å². The fourth-order valence-electron chi connectivity index (χ4n) is 6.77. The van der Waals surface area contributed by atoms with Crippen molar-refractivity contribution in [2.45, 2.75) is 50.0 Å². The Bertz CT molecular complexity index is 1250. The number of ether oxygens (including phenoxy) is 3. The molecule has 2 bridgehead atoms. The fraction of sp³-hybridized carbons (Fsp3) is 0.452. The summed E-state index contributed by atoms with van der Waals surface area (Å²) in [5.41, 5.74) is 0.322. The van der Waals surface area contributed by atoms with E-state index < -0.39 is 41.6 Å². The summed E-state index contributed by atoms with van der Waals surface area (Å²) in [5.74, 6) is -2.22. The van der Waals surface area contributed by atoms with Crippen LogP contribution in [0.5, 0.6) is 5.75 Å². The topological polar surface area (TPSA) is 106 Å². The van der Waals surface area contributed by atoms with Gasteiger partial charge < -0.3 is 29.1 Å². The number of carbonyl (C=O) groups excluding carboxylic acids is 3. The molecule has 0 radical (unpaired) electrons. The molecule has 3 aliphatic rings. The highest BCUT2D eigenvalue weighted by Gasteiger charge is 2.75. The molecule has 1 spiro atoms. The van der Waals surface area contributed by atoms with Gasteiger partial charge in [0.25, 0.3) is 5.91 Å². The number of aliphatic hydroxyl groups excluding tert-OH is 1. The molecule has 40 heavy (non-hydrogen) atoms. The number of anilines is 1. The Morgan fingerprint density at radius 2 is 1.95 bits per heavy atom. The van der Waals surface area contributed by atoms with Crippen molar-refractivity contribution < 1.29 is 33.7 Å². The molecule has 5 rings (SSSR count). The molecule has 0 aromatic heterocycles. The minimum Gasteiger partial charge on any atom is -0.497 e. The van der Waals surface area contributed by atoms with Crippen LogP contribution in [0, 0.1) is 11.8 Å². The first kappa shape index (κ1) is 27.9. The predicted molar refractivity (Wildman–Crippen MR) is 148 cm³/mol. The van der Waals surface area contributed by atoms with Gasteiger partial charge in [-0.05, 0) is 56.0 Å². The molecule has 9 nitrogen and oxygen atoms in total. The van der Waals surface area contributed by atoms with E-state index in [9.17, 15) is 19.5 Å². The molecule has 3 aliphatic heterocycles. The van der Waals surface area contributed by atoms with Crippen LogP contribution in [0.1, 0.15) is 25.3 Å². The Morgan fingerprint density at radius 1 is 1.23 bits per heavy atom. The Labute approximate surface area is 234 Å². The van der Waals surface area contributed by atoms with E-state index in [4.69, 9.17) is 14.2 Å². The Kier molecular flexibility index (Phi) is 7.96. The Morgan fingerprint density at radius 3 is 2.58 bits per heavy atom. The number of nitrogens with zero attached hydrogens (tertiary/aromatic N) is 2. The first-order valence-corrected chi connectivity index (χ1v) is 13.8. The van der Waals surface area contributed by atoms with E-state index in [-0.39, 0.29) is 31.6 Å². The molecule has 2 aromatic rings. The second-order valence-electron chi connectivity index (χ2n) is 10.5. The molecule has 2 aromatic carbocycles. The number of hydrogen-bond donors (Lipinski definition) is 1. The van der Waals surface area contributed by atoms with Crippen LogP contribution < -0.4 is 9.64 Å². The van der Waals surface area contributed by atoms with Crippen LogP contribution in [-0.2, 0) is 30.3 Å². The van der Waals surface area contributed by atoms with Gasteiger partial charge in [0.15, 0.2) is 0 Å². The molecule has 3 heterocycles. The number of aliphatic hydroxyl groups is 1. The summed E-state index contributed by atoms with van der Waals surface area (Å²) in [5, 5.41) is 10.6. The van der Waals surface area contributed by atoms with Crippen LogP contribution in [0.2, 0.25) is 0 Å². The predicted octanol–water partition coefficient (Wildman–Crippen LogP) is 2.76. The minimum atomic E-state index is -1.20. The molecule has 3 fully saturated rings. The number of fused-ring (bicyclic) bond motifs is 1. The lowest BCUT2D eigenvalue weighted by atomic mass is 9.70. The molecule has 6 atom stereocenters. The van der Waals surface area contributed by atoms with Crippen LogP contribution in [0.4, 0.5) is 5.69 Å². The van der Waals surface area contributed by atoms with Crippen LogP contribution in [0.15, 0.2) is 67.3 Å². The van der Waals surface area contributed by atoms with Gasteiger partial charge in [0.2, 0.25) is 5.91 Å². The number of rotatable bonds is 11. The number of amides is 2. The van der Waals surface area contributed by atoms with Crippen molar-refractivity contribution in [2.75, 3.05) is 31.8 Å². The van der Waals surface area contributed by atoms with Gasteiger partial charge in [-0.15, -0.1) is 6.58 Å². The molecule has 0 saturated carbocycles. The lowest BCUT2D eigenvalue weighted by Crippen LogP contribution is -2.59. The maximum atomic E-state index is 14.6. The first-order chi connectivity index (χ1) is 19.4. The summed E-state index contributed by atoms with van der Waals surface area (Å²) < 4.78 is 17.2. The number of carbonyl (C=O) groups is 3. The van der Waals surface area contributed by atoms with Crippen LogP contribution in [0.3, 0.4) is 0 Å². The number of hydrogen-bond acceptors (Lipinski definition) is 7. The third-order valence-corrected chi connectivity index (χ3v) is 8.41. The number of benzene rings is 2. The van der Waals surface area contributed by atoms with E-state index in [1.807, 2.05) is 30.3 Å². The van der Waals surface area contributed by atoms with Crippen LogP contribution in [-0.4, -0.2) is 78.4 Å². The third kappa shape index (κ3) is 4.57. The van der Waals surface area contributed by atoms with Gasteiger partial charge in [0.1, 0.15) is 17.4 Å². The highest BCUT2D eigenvalue weighted by atomic mass is 16.6. The van der Waals surface area contributed by atoms with Crippen LogP contribution >= 0.6 is 0 Å². The van der Waals surface area contributed by atoms with Gasteiger partial charge in [0, 0.05) is 12.2 Å². The lowest BCUT2D eigenvalue weighted by molar-refractivity contribution is -0.155. The summed E-state index contributed by atoms with van der Waals surface area (Å²) in [7, 11) is 1.57. The van der Waals surface area contributed by atoms with Crippen molar-refractivity contribution >= 4 is 23.5 Å². The highest BCUT2D eigenvalue weighted by molar-refractivity contribution is 6.04. The lowest BCUT2D eigenvalue weighted by Gasteiger charge is -2.39. The molecular formula is C31H36N2O7. The van der Waals surface area contributed by atoms with E-state index in [1.54, 1.807) is 49.3 Å². The van der Waals surface area contributed by atoms with Crippen molar-refractivity contribution in [1.29, 1.82) is 0 Å². The highest BCUT2D eigenvalue weighted by Crippen LogP contribution is 2.59. The van der Waals surface area contributed by atoms with E-state index in [0.29, 0.717) is 30.7 Å². The van der Waals surface area contributed by atoms with Gasteiger partial charge >= 0.3 is 5.97 Å². The smallest absolute Gasteiger partial charge is 0.312 e. The standard InChI is InChI=1S/C31H36N2O7/c1-4-17-32(21-11-13-23(38-3)14-12-21)29(36)27-31-16-15-24(40-31)25(30(37)39-5-2)26(31)28(35)33(27)22(19-34)18-20-9-7-6-8-10-20/h4,6-14,22,24-27,34H,1,5,15-19H2,2-3H3/t22-,24-,25+,26+,27?,31?/m1/s1. The molecular weight excluding hydrogens is 512 g/mol. The zero-order chi connectivity index (χ0) is 28.4. The van der Waals surface area contributed by atoms with Gasteiger partial charge in [-0.1, -0.05) is 36.4 Å². The maximum Gasteiger partial charge on any atom is 0.312 e. The summed E-state index contributed by atoms with van der Waals surface area (Å²) in [6.45, 7) is 5.59. The van der Waals surface area contributed by atoms with Gasteiger partial charge in [0.05, 0.1) is 44.3 Å². The average Bonchev–Trinajstić information content (AvgIpc) is 3.62. The maximum absolute atomic E-state index is 14.6. The normalized spacial score (nSPS) is 27.3. The van der Waals surface area contributed by atoms with E-state index in [0.717, 1.165) is 5.56 Å². The molecule has 212 valence electrons. The van der Waals surface area contributed by atoms with Crippen LogP contribution in [0.25, 0.3) is 0 Å². The van der Waals surface area contributed by atoms with Crippen molar-refractivity contribution in [2.24, 2.45) is 11.8 Å². The monoisotopic (exact) mass is 548 g/mol. The number of esters is 1. The van der Waals surface area contributed by atoms with Crippen molar-refractivity contribution in [3.05, 3.63) is 72.8 Å². The minimum absolute atomic E-state index is 0.180. The largest absolute Gasteiger partial charge is 0.497 e. The van der Waals surface area contributed by atoms with Gasteiger partial charge in [-0.2, -0.15) is 0 Å². The summed E-state index contributed by atoms with van der Waals surface area (Å²) in [6, 6.07) is 14.9. The molecule has 0 aliphatic carbocycles. The van der Waals surface area contributed by atoms with E-state index in [2.05, 4.69) is 6.58 Å². The Balaban J connectivity index is 1.59. The summed E-state index contributed by atoms with van der Waals surface area (Å²) in [6.07, 6.45) is 2.45. The van der Waals surface area contributed by atoms with E-state index in [1.165, 1.54) is 4.90 Å². The number of methoxy groups -OCH3 is 1.